The van der Waals surface area contributed by atoms with Gasteiger partial charge in [0.2, 0.25) is 0 Å². The quantitative estimate of drug-likeness (QED) is 0.0722. The van der Waals surface area contributed by atoms with E-state index < -0.39 is 47.4 Å². The maximum Gasteiger partial charge on any atom is 0.507 e. The maximum absolute atomic E-state index is 10.4. The van der Waals surface area contributed by atoms with Crippen molar-refractivity contribution in [2.24, 2.45) is 0 Å². The van der Waals surface area contributed by atoms with Crippen LogP contribution in [-0.2, 0) is 27.4 Å². The van der Waals surface area contributed by atoms with Crippen LogP contribution >= 0.6 is 47.4 Å². The number of nitrogens with zero attached hydrogens (tertiary/aromatic N) is 1. The molecule has 0 aromatic heterocycles. The van der Waals surface area contributed by atoms with E-state index in [-0.39, 0.29) is 0 Å². The first-order valence-corrected chi connectivity index (χ1v) is 21.6. The largest absolute Gasteiger partial charge is 0.753 e. The van der Waals surface area contributed by atoms with E-state index >= 15 is 0 Å². The lowest BCUT2D eigenvalue weighted by molar-refractivity contribution is -0.929. The highest BCUT2D eigenvalue weighted by atomic mass is 31.2. The molecule has 0 aliphatic rings. The van der Waals surface area contributed by atoms with E-state index in [4.69, 9.17) is 86.1 Å². The lowest BCUT2D eigenvalue weighted by atomic mass is 10.1. The zero-order chi connectivity index (χ0) is 40.0. The summed E-state index contributed by atoms with van der Waals surface area (Å²) in [5.41, 5.74) is 0. The molecule has 11 N–H and O–H groups in total. The Labute approximate surface area is 268 Å². The number of hydrogen-bond acceptors (Lipinski definition) is 7. The summed E-state index contributed by atoms with van der Waals surface area (Å²) in [7, 11) is -31.1. The van der Waals surface area contributed by atoms with Crippen molar-refractivity contribution in [1.82, 2.24) is 0 Å². The summed E-state index contributed by atoms with van der Waals surface area (Å²) in [6, 6.07) is 0. The minimum Gasteiger partial charge on any atom is -0.753 e. The van der Waals surface area contributed by atoms with Crippen LogP contribution in [0.4, 0.5) is 25.2 Å². The smallest absolute Gasteiger partial charge is 0.507 e. The van der Waals surface area contributed by atoms with Gasteiger partial charge in [-0.25, -0.2) is 22.8 Å². The topological polar surface area (TPSA) is 348 Å². The maximum atomic E-state index is 10.4. The molecule has 31 heteroatoms. The van der Waals surface area contributed by atoms with E-state index in [1.165, 1.54) is 82.0 Å². The van der Waals surface area contributed by atoms with Crippen molar-refractivity contribution in [2.75, 3.05) is 26.2 Å². The first-order valence-electron chi connectivity index (χ1n) is 12.6. The Kier molecular flexibility index (Phi) is 43.1. The molecule has 0 spiro atoms. The molecule has 0 aliphatic carbocycles. The zero-order valence-electron chi connectivity index (χ0n) is 25.7. The van der Waals surface area contributed by atoms with Crippen molar-refractivity contribution in [2.45, 2.75) is 79.1 Å². The van der Waals surface area contributed by atoms with E-state index in [9.17, 15) is 25.2 Å². The van der Waals surface area contributed by atoms with Gasteiger partial charge in [-0.1, -0.05) is 53.4 Å². The second-order valence-electron chi connectivity index (χ2n) is 8.47. The predicted octanol–water partition coefficient (Wildman–Crippen LogP) is 4.66. The molecule has 0 saturated carbocycles. The summed E-state index contributed by atoms with van der Waals surface area (Å²) in [5, 5.41) is 0. The standard InChI is InChI=1S/C16H36N.6FH2O3P/c1-5-9-13-17(14-10-6-2,15-11-7-3)16-12-8-4;6*1-5(2,3)4/h5-16H2,1-4H3;6*(H2,2,3,4)/q+1;;;;;;/p-1. The van der Waals surface area contributed by atoms with Crippen LogP contribution in [0, 0.1) is 0 Å². The molecule has 0 aliphatic heterocycles. The van der Waals surface area contributed by atoms with Gasteiger partial charge in [0.15, 0.2) is 0 Å². The molecule has 19 nitrogen and oxygen atoms in total. The average molecular weight is 841 g/mol. The van der Waals surface area contributed by atoms with Gasteiger partial charge in [-0.15, -0.1) is 21.0 Å². The molecule has 0 fully saturated rings. The first-order chi connectivity index (χ1) is 20.2. The Balaban J connectivity index is -0.0000000884. The SMILES string of the molecule is CCCC[N+](CCCC)(CCCC)CCCC.O=P(O)(O)F.O=P(O)(O)F.O=P(O)(O)F.O=P(O)(O)F.O=P(O)(O)F.O=P([O-])(O)F. The molecular formula is C16H47F6NO18P6. The highest BCUT2D eigenvalue weighted by Gasteiger charge is 2.24. The third-order valence-electron chi connectivity index (χ3n) is 3.94. The first kappa shape index (κ1) is 62.6. The number of rotatable bonds is 12. The van der Waals surface area contributed by atoms with Crippen LogP contribution < -0.4 is 4.89 Å². The number of halogens is 6. The summed E-state index contributed by atoms with van der Waals surface area (Å²) in [6.07, 6.45) is 11.1. The average Bonchev–Trinajstić information content (AvgIpc) is 2.71. The van der Waals surface area contributed by atoms with Crippen LogP contribution in [0.1, 0.15) is 79.1 Å². The van der Waals surface area contributed by atoms with Gasteiger partial charge in [-0.3, -0.25) is 53.5 Å². The Hall–Kier alpha value is 0.440. The van der Waals surface area contributed by atoms with Crippen molar-refractivity contribution in [3.05, 3.63) is 0 Å². The molecule has 0 aromatic rings. The van der Waals surface area contributed by atoms with E-state index in [2.05, 4.69) is 27.7 Å². The Morgan fingerprint density at radius 2 is 0.489 bits per heavy atom. The second kappa shape index (κ2) is 32.4. The molecule has 0 bridgehead atoms. The van der Waals surface area contributed by atoms with Crippen LogP contribution in [-0.4, -0.2) is 84.5 Å². The van der Waals surface area contributed by atoms with E-state index in [0.29, 0.717) is 0 Å². The number of unbranched alkanes of at least 4 members (excludes halogenated alkanes) is 4. The minimum atomic E-state index is -5.39. The van der Waals surface area contributed by atoms with Crippen LogP contribution in [0.5, 0.6) is 0 Å². The molecule has 47 heavy (non-hydrogen) atoms. The van der Waals surface area contributed by atoms with Crippen LogP contribution in [0.25, 0.3) is 0 Å². The molecule has 296 valence electrons. The monoisotopic (exact) mass is 841 g/mol. The molecule has 0 rings (SSSR count). The fraction of sp³-hybridized carbons (Fsp3) is 1.00. The third kappa shape index (κ3) is 220. The molecule has 0 radical (unpaired) electrons. The summed E-state index contributed by atoms with van der Waals surface area (Å²) < 4.78 is 115. The molecule has 0 aromatic carbocycles. The molecule has 1 atom stereocenters. The Morgan fingerprint density at radius 1 is 0.404 bits per heavy atom. The van der Waals surface area contributed by atoms with Gasteiger partial charge < -0.3 is 14.3 Å². The summed E-state index contributed by atoms with van der Waals surface area (Å²) in [4.78, 5) is 85.1. The van der Waals surface area contributed by atoms with Crippen molar-refractivity contribution in [3.63, 3.8) is 0 Å². The fourth-order valence-electron chi connectivity index (χ4n) is 2.64. The molecule has 0 saturated heterocycles. The second-order valence-corrected chi connectivity index (χ2v) is 14.1. The highest BCUT2D eigenvalue weighted by molar-refractivity contribution is 7.46. The normalized spacial score (nSPS) is 12.9. The summed E-state index contributed by atoms with van der Waals surface area (Å²) >= 11 is 0. The van der Waals surface area contributed by atoms with Gasteiger partial charge in [-0.2, -0.15) is 4.20 Å². The van der Waals surface area contributed by atoms with Crippen molar-refractivity contribution in [3.8, 4) is 0 Å². The van der Waals surface area contributed by atoms with Crippen LogP contribution in [0.3, 0.4) is 0 Å². The summed E-state index contributed by atoms with van der Waals surface area (Å²) in [5.74, 6) is 0. The van der Waals surface area contributed by atoms with E-state index in [1.807, 2.05) is 0 Å². The number of quaternary nitrogens is 1. The van der Waals surface area contributed by atoms with Crippen molar-refractivity contribution >= 4 is 47.4 Å². The Bertz CT molecular complexity index is 755. The van der Waals surface area contributed by atoms with Gasteiger partial charge in [0.05, 0.1) is 26.2 Å². The molecule has 0 amide bonds. The van der Waals surface area contributed by atoms with Crippen LogP contribution in [0.15, 0.2) is 0 Å². The molecule has 1 unspecified atom stereocenters. The Morgan fingerprint density at radius 3 is 0.553 bits per heavy atom. The van der Waals surface area contributed by atoms with Crippen LogP contribution in [0.2, 0.25) is 0 Å². The summed E-state index contributed by atoms with van der Waals surface area (Å²) in [6.45, 7) is 15.0. The van der Waals surface area contributed by atoms with Crippen molar-refractivity contribution in [1.29, 1.82) is 0 Å². The van der Waals surface area contributed by atoms with Gasteiger partial charge >= 0.3 is 47.4 Å². The third-order valence-corrected chi connectivity index (χ3v) is 3.94. The van der Waals surface area contributed by atoms with Gasteiger partial charge in [0, 0.05) is 0 Å². The lowest BCUT2D eigenvalue weighted by Gasteiger charge is -2.39. The van der Waals surface area contributed by atoms with Gasteiger partial charge in [-0.05, 0) is 25.7 Å². The van der Waals surface area contributed by atoms with Crippen molar-refractivity contribution < 1.29 is 116 Å². The minimum absolute atomic E-state index is 1.35. The van der Waals surface area contributed by atoms with Gasteiger partial charge in [0.25, 0.3) is 0 Å². The van der Waals surface area contributed by atoms with Gasteiger partial charge in [0.1, 0.15) is 0 Å². The van der Waals surface area contributed by atoms with E-state index in [1.54, 1.807) is 0 Å². The number of hydrogen-bond donors (Lipinski definition) is 11. The van der Waals surface area contributed by atoms with E-state index in [0.717, 1.165) is 0 Å². The molecule has 0 heterocycles. The predicted molar refractivity (Wildman–Crippen MR) is 156 cm³/mol. The fourth-order valence-corrected chi connectivity index (χ4v) is 2.64. The zero-order valence-corrected chi connectivity index (χ0v) is 31.0. The lowest BCUT2D eigenvalue weighted by Crippen LogP contribution is -2.50. The molecular weight excluding hydrogens is 794 g/mol. The highest BCUT2D eigenvalue weighted by Crippen LogP contribution is 2.36.